The summed E-state index contributed by atoms with van der Waals surface area (Å²) in [5.74, 6) is 0.783. The molecular weight excluding hydrogens is 286 g/mol. The Labute approximate surface area is 137 Å². The van der Waals surface area contributed by atoms with Crippen LogP contribution < -0.4 is 0 Å². The van der Waals surface area contributed by atoms with Crippen molar-refractivity contribution in [1.29, 1.82) is 0 Å². The van der Waals surface area contributed by atoms with Crippen LogP contribution in [0.1, 0.15) is 18.4 Å². The van der Waals surface area contributed by atoms with E-state index in [9.17, 15) is 0 Å². The Hall–Kier alpha value is -1.72. The molecule has 0 radical (unpaired) electrons. The van der Waals surface area contributed by atoms with Crippen molar-refractivity contribution >= 4 is 0 Å². The average Bonchev–Trinajstić information content (AvgIpc) is 3.18. The lowest BCUT2D eigenvalue weighted by Crippen LogP contribution is -2.45. The van der Waals surface area contributed by atoms with Crippen LogP contribution in [0.15, 0.2) is 43.0 Å². The van der Waals surface area contributed by atoms with E-state index in [0.29, 0.717) is 6.04 Å². The van der Waals surface area contributed by atoms with Gasteiger partial charge in [0.25, 0.3) is 0 Å². The molecule has 2 aliphatic heterocycles. The zero-order chi connectivity index (χ0) is 15.6. The average molecular weight is 311 g/mol. The molecule has 0 amide bonds. The SMILES string of the molecule is CN1C(Cn2cccn2)C[C@@H]2CN(Cc3cccnc3)CC[C@@H]21. The molecule has 2 saturated heterocycles. The summed E-state index contributed by atoms with van der Waals surface area (Å²) < 4.78 is 2.08. The molecule has 3 atom stereocenters. The molecule has 0 bridgehead atoms. The predicted molar refractivity (Wildman–Crippen MR) is 89.8 cm³/mol. The van der Waals surface area contributed by atoms with Crippen molar-refractivity contribution in [3.05, 3.63) is 48.5 Å². The van der Waals surface area contributed by atoms with Gasteiger partial charge in [0.05, 0.1) is 6.54 Å². The van der Waals surface area contributed by atoms with Gasteiger partial charge in [-0.15, -0.1) is 0 Å². The van der Waals surface area contributed by atoms with Crippen molar-refractivity contribution in [2.45, 2.75) is 38.0 Å². The number of likely N-dealkylation sites (tertiary alicyclic amines) is 2. The van der Waals surface area contributed by atoms with Gasteiger partial charge in [-0.3, -0.25) is 19.5 Å². The number of hydrogen-bond donors (Lipinski definition) is 0. The number of aromatic nitrogens is 3. The van der Waals surface area contributed by atoms with Crippen molar-refractivity contribution in [3.8, 4) is 0 Å². The van der Waals surface area contributed by atoms with Gasteiger partial charge in [0, 0.05) is 50.0 Å². The monoisotopic (exact) mass is 311 g/mol. The molecular formula is C18H25N5. The van der Waals surface area contributed by atoms with Crippen LogP contribution in [-0.2, 0) is 13.1 Å². The second-order valence-electron chi connectivity index (χ2n) is 7.00. The van der Waals surface area contributed by atoms with E-state index in [1.807, 2.05) is 30.7 Å². The highest BCUT2D eigenvalue weighted by molar-refractivity contribution is 5.09. The molecule has 0 N–H and O–H groups in total. The summed E-state index contributed by atoms with van der Waals surface area (Å²) in [6.45, 7) is 4.44. The van der Waals surface area contributed by atoms with Crippen molar-refractivity contribution in [1.82, 2.24) is 24.6 Å². The molecule has 23 heavy (non-hydrogen) atoms. The maximum absolute atomic E-state index is 4.37. The Morgan fingerprint density at radius 2 is 2.22 bits per heavy atom. The summed E-state index contributed by atoms with van der Waals surface area (Å²) in [5, 5.41) is 4.37. The van der Waals surface area contributed by atoms with Crippen LogP contribution in [0.2, 0.25) is 0 Å². The van der Waals surface area contributed by atoms with Gasteiger partial charge in [0.15, 0.2) is 0 Å². The quantitative estimate of drug-likeness (QED) is 0.864. The van der Waals surface area contributed by atoms with E-state index in [0.717, 1.165) is 25.0 Å². The van der Waals surface area contributed by atoms with Gasteiger partial charge in [-0.05, 0) is 50.0 Å². The molecule has 0 aromatic carbocycles. The second-order valence-corrected chi connectivity index (χ2v) is 7.00. The fraction of sp³-hybridized carbons (Fsp3) is 0.556. The minimum Gasteiger partial charge on any atom is -0.299 e. The Morgan fingerprint density at radius 3 is 3.00 bits per heavy atom. The summed E-state index contributed by atoms with van der Waals surface area (Å²) in [6.07, 6.45) is 10.3. The third-order valence-electron chi connectivity index (χ3n) is 5.54. The van der Waals surface area contributed by atoms with Crippen molar-refractivity contribution < 1.29 is 0 Å². The molecule has 4 heterocycles. The predicted octanol–water partition coefficient (Wildman–Crippen LogP) is 1.87. The molecule has 0 saturated carbocycles. The molecule has 122 valence electrons. The van der Waals surface area contributed by atoms with Crippen LogP contribution in [0.3, 0.4) is 0 Å². The van der Waals surface area contributed by atoms with Crippen LogP contribution in [0.4, 0.5) is 0 Å². The maximum Gasteiger partial charge on any atom is 0.0565 e. The topological polar surface area (TPSA) is 37.2 Å². The van der Waals surface area contributed by atoms with Gasteiger partial charge < -0.3 is 0 Å². The van der Waals surface area contributed by atoms with Gasteiger partial charge in [0.1, 0.15) is 0 Å². The van der Waals surface area contributed by atoms with Crippen LogP contribution in [0.25, 0.3) is 0 Å². The lowest BCUT2D eigenvalue weighted by molar-refractivity contribution is 0.109. The lowest BCUT2D eigenvalue weighted by atomic mass is 9.92. The highest BCUT2D eigenvalue weighted by Crippen LogP contribution is 2.35. The fourth-order valence-electron chi connectivity index (χ4n) is 4.37. The summed E-state index contributed by atoms with van der Waals surface area (Å²) in [5.41, 5.74) is 1.32. The standard InChI is InChI=1S/C18H25N5/c1-21-17(14-23-8-3-7-20-23)10-16-13-22(9-5-18(16)21)12-15-4-2-6-19-11-15/h2-4,6-8,11,16-18H,5,9-10,12-14H2,1H3/t16-,17?,18+/m1/s1. The highest BCUT2D eigenvalue weighted by atomic mass is 15.3. The number of likely N-dealkylation sites (N-methyl/N-ethyl adjacent to an activating group) is 1. The van der Waals surface area contributed by atoms with Crippen molar-refractivity contribution in [3.63, 3.8) is 0 Å². The molecule has 0 spiro atoms. The number of pyridine rings is 1. The molecule has 0 aliphatic carbocycles. The Balaban J connectivity index is 1.38. The van der Waals surface area contributed by atoms with Crippen molar-refractivity contribution in [2.24, 2.45) is 5.92 Å². The third kappa shape index (κ3) is 3.16. The summed E-state index contributed by atoms with van der Waals surface area (Å²) in [7, 11) is 2.30. The first-order chi connectivity index (χ1) is 11.3. The van der Waals surface area contributed by atoms with Gasteiger partial charge in [-0.1, -0.05) is 6.07 Å². The van der Waals surface area contributed by atoms with Crippen LogP contribution >= 0.6 is 0 Å². The van der Waals surface area contributed by atoms with Crippen LogP contribution in [-0.4, -0.2) is 56.8 Å². The minimum absolute atomic E-state index is 0.614. The summed E-state index contributed by atoms with van der Waals surface area (Å²) in [4.78, 5) is 9.44. The Morgan fingerprint density at radius 1 is 1.26 bits per heavy atom. The van der Waals surface area contributed by atoms with Crippen molar-refractivity contribution in [2.75, 3.05) is 20.1 Å². The van der Waals surface area contributed by atoms with E-state index in [2.05, 4.69) is 43.9 Å². The lowest BCUT2D eigenvalue weighted by Gasteiger charge is -2.37. The van der Waals surface area contributed by atoms with E-state index < -0.39 is 0 Å². The van der Waals surface area contributed by atoms with Gasteiger partial charge in [0.2, 0.25) is 0 Å². The minimum atomic E-state index is 0.614. The molecule has 1 unspecified atom stereocenters. The second kappa shape index (κ2) is 6.42. The Kier molecular flexibility index (Phi) is 4.14. The first-order valence-corrected chi connectivity index (χ1v) is 8.60. The normalized spacial score (nSPS) is 28.8. The highest BCUT2D eigenvalue weighted by Gasteiger charge is 2.41. The summed E-state index contributed by atoms with van der Waals surface area (Å²) >= 11 is 0. The van der Waals surface area contributed by atoms with Crippen LogP contribution in [0.5, 0.6) is 0 Å². The van der Waals surface area contributed by atoms with E-state index in [1.54, 1.807) is 0 Å². The Bertz CT molecular complexity index is 612. The first kappa shape index (κ1) is 14.8. The molecule has 2 aliphatic rings. The number of fused-ring (bicyclic) bond motifs is 1. The molecule has 5 heteroatoms. The molecule has 4 rings (SSSR count). The van der Waals surface area contributed by atoms with E-state index in [-0.39, 0.29) is 0 Å². The zero-order valence-electron chi connectivity index (χ0n) is 13.8. The third-order valence-corrected chi connectivity index (χ3v) is 5.54. The maximum atomic E-state index is 4.37. The first-order valence-electron chi connectivity index (χ1n) is 8.60. The number of piperidine rings is 1. The van der Waals surface area contributed by atoms with Gasteiger partial charge >= 0.3 is 0 Å². The number of nitrogens with zero attached hydrogens (tertiary/aromatic N) is 5. The smallest absolute Gasteiger partial charge is 0.0565 e. The number of rotatable bonds is 4. The molecule has 2 aromatic rings. The van der Waals surface area contributed by atoms with Gasteiger partial charge in [-0.25, -0.2) is 0 Å². The largest absolute Gasteiger partial charge is 0.299 e. The van der Waals surface area contributed by atoms with Crippen LogP contribution in [0, 0.1) is 5.92 Å². The van der Waals surface area contributed by atoms with E-state index >= 15 is 0 Å². The zero-order valence-corrected chi connectivity index (χ0v) is 13.8. The fourth-order valence-corrected chi connectivity index (χ4v) is 4.37. The molecule has 5 nitrogen and oxygen atoms in total. The van der Waals surface area contributed by atoms with Gasteiger partial charge in [-0.2, -0.15) is 5.10 Å². The molecule has 2 aromatic heterocycles. The van der Waals surface area contributed by atoms with E-state index in [1.165, 1.54) is 31.5 Å². The number of hydrogen-bond acceptors (Lipinski definition) is 4. The molecule has 2 fully saturated rings. The van der Waals surface area contributed by atoms with E-state index in [4.69, 9.17) is 0 Å². The summed E-state index contributed by atoms with van der Waals surface area (Å²) in [6, 6.07) is 7.58.